The van der Waals surface area contributed by atoms with Crippen LogP contribution in [0.25, 0.3) is 6.08 Å². The molecule has 200 valence electrons. The molecule has 0 aromatic carbocycles. The number of cyclic esters (lactones) is 1. The van der Waals surface area contributed by atoms with Crippen LogP contribution in [-0.2, 0) is 23.8 Å². The molecule has 3 aliphatic rings. The van der Waals surface area contributed by atoms with E-state index in [1.54, 1.807) is 32.1 Å². The standard InChI is InChI=1S/C27H39NO7S/c1-14(10-17-13-36-16(3)28-17)18-11-21-26(6,34-21)9-8-20-27(7,35-20)24(32)15(2)23(31)25(4,5)19(29)12-22(30)33-18/h10,13,15,18-21,24,29,32H,8-9,11-12H2,1-7H3/t15-,18-,19-,20?,21-,24+,26+,27?/m0/s1. The van der Waals surface area contributed by atoms with Crippen molar-refractivity contribution in [2.24, 2.45) is 11.3 Å². The molecule has 9 heteroatoms. The normalized spacial score (nSPS) is 41.8. The molecule has 0 amide bonds. The van der Waals surface area contributed by atoms with Crippen molar-refractivity contribution in [1.82, 2.24) is 4.98 Å². The van der Waals surface area contributed by atoms with Crippen molar-refractivity contribution in [2.75, 3.05) is 0 Å². The minimum atomic E-state index is -1.27. The van der Waals surface area contributed by atoms with Gasteiger partial charge in [-0.1, -0.05) is 20.8 Å². The number of aromatic nitrogens is 1. The Kier molecular flexibility index (Phi) is 7.29. The molecule has 1 aromatic heterocycles. The lowest BCUT2D eigenvalue weighted by Crippen LogP contribution is -2.48. The van der Waals surface area contributed by atoms with Crippen LogP contribution in [0.1, 0.15) is 77.9 Å². The van der Waals surface area contributed by atoms with Gasteiger partial charge in [-0.25, -0.2) is 4.98 Å². The molecule has 0 bridgehead atoms. The van der Waals surface area contributed by atoms with Crippen LogP contribution in [-0.4, -0.2) is 68.7 Å². The van der Waals surface area contributed by atoms with Crippen LogP contribution < -0.4 is 0 Å². The van der Waals surface area contributed by atoms with Gasteiger partial charge in [0.15, 0.2) is 0 Å². The van der Waals surface area contributed by atoms with Gasteiger partial charge in [0, 0.05) is 17.7 Å². The first-order chi connectivity index (χ1) is 16.7. The summed E-state index contributed by atoms with van der Waals surface area (Å²) in [6.45, 7) is 12.6. The van der Waals surface area contributed by atoms with Gasteiger partial charge >= 0.3 is 5.97 Å². The number of aryl methyl sites for hydroxylation is 1. The molecular weight excluding hydrogens is 482 g/mol. The molecule has 2 unspecified atom stereocenters. The average molecular weight is 522 g/mol. The van der Waals surface area contributed by atoms with Crippen LogP contribution in [0.4, 0.5) is 0 Å². The van der Waals surface area contributed by atoms with Crippen LogP contribution in [0, 0.1) is 18.3 Å². The largest absolute Gasteiger partial charge is 0.458 e. The Morgan fingerprint density at radius 1 is 1.17 bits per heavy atom. The number of carbonyl (C=O) groups is 2. The molecule has 2 N–H and O–H groups in total. The zero-order chi connectivity index (χ0) is 26.6. The number of ketones is 1. The van der Waals surface area contributed by atoms with Gasteiger partial charge in [-0.2, -0.15) is 0 Å². The Morgan fingerprint density at radius 3 is 2.50 bits per heavy atom. The van der Waals surface area contributed by atoms with E-state index in [9.17, 15) is 19.8 Å². The number of ether oxygens (including phenoxy) is 3. The van der Waals surface area contributed by atoms with Crippen LogP contribution in [0.3, 0.4) is 0 Å². The van der Waals surface area contributed by atoms with Crippen LogP contribution in [0.2, 0.25) is 0 Å². The second kappa shape index (κ2) is 9.58. The number of epoxide rings is 2. The van der Waals surface area contributed by atoms with Gasteiger partial charge in [-0.15, -0.1) is 11.3 Å². The average Bonchev–Trinajstić information content (AvgIpc) is 3.60. The number of hydrogen-bond donors (Lipinski definition) is 2. The summed E-state index contributed by atoms with van der Waals surface area (Å²) in [4.78, 5) is 30.8. The number of fused-ring (bicyclic) bond motifs is 2. The highest BCUT2D eigenvalue weighted by Crippen LogP contribution is 2.50. The number of Topliss-reactive ketones (excluding diaryl/α,β-unsaturated/α-hetero) is 1. The molecule has 0 spiro atoms. The van der Waals surface area contributed by atoms with E-state index >= 15 is 0 Å². The number of esters is 1. The van der Waals surface area contributed by atoms with Crippen molar-refractivity contribution in [2.45, 2.75) is 116 Å². The number of aliphatic hydroxyl groups excluding tert-OH is 2. The molecule has 4 heterocycles. The summed E-state index contributed by atoms with van der Waals surface area (Å²) in [6, 6.07) is 0. The summed E-state index contributed by atoms with van der Waals surface area (Å²) in [5.74, 6) is -1.67. The molecule has 36 heavy (non-hydrogen) atoms. The van der Waals surface area contributed by atoms with Crippen LogP contribution in [0.5, 0.6) is 0 Å². The summed E-state index contributed by atoms with van der Waals surface area (Å²) in [5, 5.41) is 24.8. The summed E-state index contributed by atoms with van der Waals surface area (Å²) >= 11 is 1.55. The number of nitrogens with zero attached hydrogens (tertiary/aromatic N) is 1. The minimum absolute atomic E-state index is 0.0967. The van der Waals surface area contributed by atoms with E-state index in [1.165, 1.54) is 0 Å². The zero-order valence-electron chi connectivity index (χ0n) is 22.2. The van der Waals surface area contributed by atoms with Gasteiger partial charge < -0.3 is 24.4 Å². The highest BCUT2D eigenvalue weighted by molar-refractivity contribution is 7.09. The molecule has 0 radical (unpaired) electrons. The third kappa shape index (κ3) is 5.31. The first-order valence-electron chi connectivity index (χ1n) is 12.7. The number of hydrogen-bond acceptors (Lipinski definition) is 9. The molecule has 8 atom stereocenters. The number of carbonyl (C=O) groups excluding carboxylic acids is 2. The predicted octanol–water partition coefficient (Wildman–Crippen LogP) is 3.61. The van der Waals surface area contributed by atoms with Crippen molar-refractivity contribution in [1.29, 1.82) is 0 Å². The maximum Gasteiger partial charge on any atom is 0.309 e. The molecular formula is C27H39NO7S. The van der Waals surface area contributed by atoms with Gasteiger partial charge in [-0.3, -0.25) is 9.59 Å². The maximum atomic E-state index is 13.3. The highest BCUT2D eigenvalue weighted by Gasteiger charge is 2.62. The predicted molar refractivity (Wildman–Crippen MR) is 135 cm³/mol. The third-order valence-corrected chi connectivity index (χ3v) is 9.23. The van der Waals surface area contributed by atoms with Crippen molar-refractivity contribution in [3.8, 4) is 0 Å². The summed E-state index contributed by atoms with van der Waals surface area (Å²) in [6.07, 6.45) is 0.373. The fraction of sp³-hybridized carbons (Fsp3) is 0.741. The lowest BCUT2D eigenvalue weighted by Gasteiger charge is -2.34. The van der Waals surface area contributed by atoms with Crippen LogP contribution >= 0.6 is 11.3 Å². The molecule has 8 nitrogen and oxygen atoms in total. The van der Waals surface area contributed by atoms with Crippen molar-refractivity contribution >= 4 is 29.2 Å². The molecule has 4 rings (SSSR count). The Morgan fingerprint density at radius 2 is 1.86 bits per heavy atom. The van der Waals surface area contributed by atoms with E-state index in [-0.39, 0.29) is 30.0 Å². The number of rotatable bonds is 2. The van der Waals surface area contributed by atoms with Gasteiger partial charge in [0.2, 0.25) is 0 Å². The summed E-state index contributed by atoms with van der Waals surface area (Å²) in [7, 11) is 0. The fourth-order valence-corrected chi connectivity index (χ4v) is 5.98. The number of aliphatic hydroxyl groups is 2. The van der Waals surface area contributed by atoms with Gasteiger partial charge in [-0.05, 0) is 52.2 Å². The maximum absolute atomic E-state index is 13.3. The molecule has 3 fully saturated rings. The lowest BCUT2D eigenvalue weighted by atomic mass is 9.72. The molecule has 0 saturated carbocycles. The summed E-state index contributed by atoms with van der Waals surface area (Å²) < 4.78 is 17.8. The SMILES string of the molecule is CC(=Cc1csc(C)n1)[C@@H]1C[C@@H]2O[C@]2(C)CCC2OC2(C)[C@H](O)[C@@H](C)C(=O)C(C)(C)[C@@H](O)CC(=O)O1. The monoisotopic (exact) mass is 521 g/mol. The van der Waals surface area contributed by atoms with E-state index in [4.69, 9.17) is 14.2 Å². The van der Waals surface area contributed by atoms with Gasteiger partial charge in [0.1, 0.15) is 17.5 Å². The minimum Gasteiger partial charge on any atom is -0.458 e. The Balaban J connectivity index is 1.59. The van der Waals surface area contributed by atoms with E-state index in [0.29, 0.717) is 12.8 Å². The molecule has 0 aliphatic carbocycles. The quantitative estimate of drug-likeness (QED) is 0.447. The van der Waals surface area contributed by atoms with E-state index < -0.39 is 41.2 Å². The lowest BCUT2D eigenvalue weighted by molar-refractivity contribution is -0.154. The Hall–Kier alpha value is -1.65. The van der Waals surface area contributed by atoms with Crippen molar-refractivity contribution in [3.05, 3.63) is 21.7 Å². The smallest absolute Gasteiger partial charge is 0.309 e. The fourth-order valence-electron chi connectivity index (χ4n) is 5.41. The zero-order valence-corrected chi connectivity index (χ0v) is 23.1. The van der Waals surface area contributed by atoms with Gasteiger partial charge in [0.05, 0.1) is 52.6 Å². The molecule has 3 aliphatic heterocycles. The Bertz CT molecular complexity index is 1050. The Labute approximate surface area is 217 Å². The first-order valence-corrected chi connectivity index (χ1v) is 13.6. The molecule has 3 saturated heterocycles. The summed E-state index contributed by atoms with van der Waals surface area (Å²) in [5.41, 5.74) is -0.803. The van der Waals surface area contributed by atoms with E-state index in [0.717, 1.165) is 22.7 Å². The van der Waals surface area contributed by atoms with Crippen LogP contribution in [0.15, 0.2) is 11.0 Å². The second-order valence-corrected chi connectivity index (χ2v) is 12.7. The van der Waals surface area contributed by atoms with E-state index in [2.05, 4.69) is 4.98 Å². The number of thiazole rings is 1. The molecule has 1 aromatic rings. The van der Waals surface area contributed by atoms with E-state index in [1.807, 2.05) is 39.2 Å². The third-order valence-electron chi connectivity index (χ3n) is 8.44. The first kappa shape index (κ1) is 27.4. The van der Waals surface area contributed by atoms with Crippen molar-refractivity contribution in [3.63, 3.8) is 0 Å². The highest BCUT2D eigenvalue weighted by atomic mass is 32.1. The van der Waals surface area contributed by atoms with Gasteiger partial charge in [0.25, 0.3) is 0 Å². The second-order valence-electron chi connectivity index (χ2n) is 11.7. The van der Waals surface area contributed by atoms with Crippen molar-refractivity contribution < 1.29 is 34.0 Å². The topological polar surface area (TPSA) is 122 Å².